The van der Waals surface area contributed by atoms with E-state index in [2.05, 4.69) is 10.2 Å². The van der Waals surface area contributed by atoms with Crippen molar-refractivity contribution in [3.8, 4) is 0 Å². The normalized spacial score (nSPS) is 29.7. The first-order valence-electron chi connectivity index (χ1n) is 10.9. The van der Waals surface area contributed by atoms with Crippen molar-refractivity contribution in [1.29, 1.82) is 0 Å². The molecule has 0 saturated heterocycles. The highest BCUT2D eigenvalue weighted by atomic mass is 16.5. The Morgan fingerprint density at radius 1 is 1.13 bits per heavy atom. The number of carbonyl (C=O) groups is 1. The summed E-state index contributed by atoms with van der Waals surface area (Å²) < 4.78 is 9.21. The average molecular weight is 406 g/mol. The summed E-state index contributed by atoms with van der Waals surface area (Å²) in [4.78, 5) is 25.9. The van der Waals surface area contributed by atoms with Gasteiger partial charge in [0.1, 0.15) is 0 Å². The van der Waals surface area contributed by atoms with Gasteiger partial charge in [0.2, 0.25) is 5.78 Å². The van der Waals surface area contributed by atoms with E-state index in [-0.39, 0.29) is 23.6 Å². The van der Waals surface area contributed by atoms with Gasteiger partial charge in [0.05, 0.1) is 16.3 Å². The molecule has 4 bridgehead atoms. The van der Waals surface area contributed by atoms with Gasteiger partial charge in [-0.3, -0.25) is 18.6 Å². The maximum Gasteiger partial charge on any atom is 0.312 e. The summed E-state index contributed by atoms with van der Waals surface area (Å²) in [6, 6.07) is 5.75. The molecule has 156 valence electrons. The smallest absolute Gasteiger partial charge is 0.312 e. The number of hydrogen-bond acceptors (Lipinski definition) is 5. The van der Waals surface area contributed by atoms with Crippen molar-refractivity contribution in [1.82, 2.24) is 19.2 Å². The Bertz CT molecular complexity index is 1220. The fraction of sp³-hybridized carbons (Fsp3) is 0.565. The van der Waals surface area contributed by atoms with Crippen LogP contribution in [0.15, 0.2) is 23.0 Å². The van der Waals surface area contributed by atoms with Crippen molar-refractivity contribution in [3.63, 3.8) is 0 Å². The number of benzene rings is 1. The molecule has 2 heterocycles. The van der Waals surface area contributed by atoms with Crippen LogP contribution in [-0.2, 0) is 23.2 Å². The third-order valence-corrected chi connectivity index (χ3v) is 7.74. The van der Waals surface area contributed by atoms with Gasteiger partial charge in [-0.1, -0.05) is 11.6 Å². The maximum absolute atomic E-state index is 13.2. The van der Waals surface area contributed by atoms with E-state index in [1.54, 1.807) is 7.05 Å². The van der Waals surface area contributed by atoms with Crippen LogP contribution in [0.3, 0.4) is 0 Å². The minimum absolute atomic E-state index is 0.0664. The lowest BCUT2D eigenvalue weighted by Gasteiger charge is -2.55. The highest BCUT2D eigenvalue weighted by Crippen LogP contribution is 2.60. The molecule has 30 heavy (non-hydrogen) atoms. The van der Waals surface area contributed by atoms with Gasteiger partial charge in [0.25, 0.3) is 5.56 Å². The first-order chi connectivity index (χ1) is 14.4. The SMILES string of the molecule is Cc1ccc2c(c1)c(=O)n(C)c1nnc(COC(=O)C34CC5CC(CC(C5)C3)C4)n21. The minimum atomic E-state index is -0.290. The molecule has 1 aromatic carbocycles. The fourth-order valence-corrected chi connectivity index (χ4v) is 6.80. The van der Waals surface area contributed by atoms with E-state index >= 15 is 0 Å². The van der Waals surface area contributed by atoms with Crippen LogP contribution in [0.2, 0.25) is 0 Å². The Morgan fingerprint density at radius 3 is 2.47 bits per heavy atom. The van der Waals surface area contributed by atoms with Gasteiger partial charge in [-0.05, 0) is 75.3 Å². The number of rotatable bonds is 3. The van der Waals surface area contributed by atoms with Crippen LogP contribution in [0.5, 0.6) is 0 Å². The second-order valence-electron chi connectivity index (χ2n) is 9.91. The molecule has 4 aliphatic rings. The molecule has 4 fully saturated rings. The highest BCUT2D eigenvalue weighted by Gasteiger charge is 2.55. The Balaban J connectivity index is 1.34. The molecular formula is C23H26N4O3. The highest BCUT2D eigenvalue weighted by molar-refractivity contribution is 5.81. The topological polar surface area (TPSA) is 78.5 Å². The van der Waals surface area contributed by atoms with E-state index in [0.29, 0.717) is 34.7 Å². The van der Waals surface area contributed by atoms with Crippen LogP contribution in [0.4, 0.5) is 0 Å². The summed E-state index contributed by atoms with van der Waals surface area (Å²) >= 11 is 0. The van der Waals surface area contributed by atoms with Crippen LogP contribution in [0.1, 0.15) is 49.9 Å². The van der Waals surface area contributed by atoms with Crippen LogP contribution >= 0.6 is 0 Å². The molecule has 3 aromatic rings. The van der Waals surface area contributed by atoms with Crippen molar-refractivity contribution in [3.05, 3.63) is 39.9 Å². The number of aromatic nitrogens is 4. The molecule has 2 aromatic heterocycles. The average Bonchev–Trinajstić information content (AvgIpc) is 3.13. The van der Waals surface area contributed by atoms with Crippen molar-refractivity contribution in [2.75, 3.05) is 0 Å². The third kappa shape index (κ3) is 2.50. The molecule has 7 rings (SSSR count). The van der Waals surface area contributed by atoms with Crippen LogP contribution < -0.4 is 5.56 Å². The zero-order valence-electron chi connectivity index (χ0n) is 17.4. The van der Waals surface area contributed by atoms with E-state index in [9.17, 15) is 9.59 Å². The molecule has 0 radical (unpaired) electrons. The van der Waals surface area contributed by atoms with Gasteiger partial charge in [0.15, 0.2) is 12.4 Å². The van der Waals surface area contributed by atoms with Gasteiger partial charge in [-0.15, -0.1) is 10.2 Å². The number of esters is 1. The van der Waals surface area contributed by atoms with Gasteiger partial charge < -0.3 is 4.74 Å². The Hall–Kier alpha value is -2.70. The minimum Gasteiger partial charge on any atom is -0.457 e. The molecule has 0 unspecified atom stereocenters. The predicted octanol–water partition coefficient (Wildman–Crippen LogP) is 3.15. The van der Waals surface area contributed by atoms with E-state index in [0.717, 1.165) is 30.3 Å². The first kappa shape index (κ1) is 18.1. The Morgan fingerprint density at radius 2 is 1.80 bits per heavy atom. The van der Waals surface area contributed by atoms with Crippen molar-refractivity contribution < 1.29 is 9.53 Å². The van der Waals surface area contributed by atoms with Crippen molar-refractivity contribution in [2.24, 2.45) is 30.2 Å². The van der Waals surface area contributed by atoms with E-state index < -0.39 is 0 Å². The molecule has 0 N–H and O–H groups in total. The van der Waals surface area contributed by atoms with Crippen LogP contribution in [-0.4, -0.2) is 25.1 Å². The standard InChI is InChI=1S/C23H26N4O3/c1-13-3-4-18-17(5-13)20(28)26(2)22-25-24-19(27(18)22)12-30-21(29)23-9-14-6-15(10-23)8-16(7-14)11-23/h3-5,14-16H,6-12H2,1-2H3. The van der Waals surface area contributed by atoms with E-state index in [1.807, 2.05) is 29.5 Å². The number of carbonyl (C=O) groups excluding carboxylic acids is 1. The summed E-state index contributed by atoms with van der Waals surface area (Å²) in [6.45, 7) is 2.03. The molecule has 4 aliphatic carbocycles. The predicted molar refractivity (Wildman–Crippen MR) is 111 cm³/mol. The second-order valence-corrected chi connectivity index (χ2v) is 9.91. The van der Waals surface area contributed by atoms with Gasteiger partial charge in [-0.2, -0.15) is 0 Å². The molecular weight excluding hydrogens is 380 g/mol. The molecule has 7 heteroatoms. The number of ether oxygens (including phenoxy) is 1. The third-order valence-electron chi connectivity index (χ3n) is 7.74. The summed E-state index contributed by atoms with van der Waals surface area (Å²) in [5, 5.41) is 9.08. The Labute approximate surface area is 174 Å². The summed E-state index contributed by atoms with van der Waals surface area (Å²) in [5.74, 6) is 3.02. The fourth-order valence-electron chi connectivity index (χ4n) is 6.80. The van der Waals surface area contributed by atoms with E-state index in [1.165, 1.54) is 23.8 Å². The number of aryl methyl sites for hydroxylation is 2. The number of fused-ring (bicyclic) bond motifs is 3. The zero-order valence-corrected chi connectivity index (χ0v) is 17.4. The summed E-state index contributed by atoms with van der Waals surface area (Å²) in [6.07, 6.45) is 6.82. The number of hydrogen-bond donors (Lipinski definition) is 0. The quantitative estimate of drug-likeness (QED) is 0.625. The van der Waals surface area contributed by atoms with Crippen LogP contribution in [0.25, 0.3) is 16.7 Å². The summed E-state index contributed by atoms with van der Waals surface area (Å²) in [5.41, 5.74) is 1.36. The lowest BCUT2D eigenvalue weighted by atomic mass is 9.49. The summed E-state index contributed by atoms with van der Waals surface area (Å²) in [7, 11) is 1.69. The van der Waals surface area contributed by atoms with Crippen molar-refractivity contribution in [2.45, 2.75) is 52.1 Å². The Kier molecular flexibility index (Phi) is 3.71. The first-order valence-corrected chi connectivity index (χ1v) is 10.9. The number of nitrogens with zero attached hydrogens (tertiary/aromatic N) is 4. The lowest BCUT2D eigenvalue weighted by Crippen LogP contribution is -2.50. The van der Waals surface area contributed by atoms with Gasteiger partial charge in [-0.25, -0.2) is 0 Å². The molecule has 0 atom stereocenters. The lowest BCUT2D eigenvalue weighted by molar-refractivity contribution is -0.173. The maximum atomic E-state index is 13.2. The molecule has 7 nitrogen and oxygen atoms in total. The largest absolute Gasteiger partial charge is 0.457 e. The molecule has 0 amide bonds. The molecule has 0 aliphatic heterocycles. The van der Waals surface area contributed by atoms with E-state index in [4.69, 9.17) is 4.74 Å². The van der Waals surface area contributed by atoms with Gasteiger partial charge >= 0.3 is 5.97 Å². The van der Waals surface area contributed by atoms with Gasteiger partial charge in [0, 0.05) is 7.05 Å². The van der Waals surface area contributed by atoms with Crippen LogP contribution in [0, 0.1) is 30.1 Å². The monoisotopic (exact) mass is 406 g/mol. The molecule has 0 spiro atoms. The molecule has 4 saturated carbocycles. The van der Waals surface area contributed by atoms with Crippen molar-refractivity contribution >= 4 is 22.6 Å². The zero-order chi connectivity index (χ0) is 20.6. The second kappa shape index (κ2) is 6.15.